The van der Waals surface area contributed by atoms with Crippen molar-refractivity contribution in [1.29, 1.82) is 5.26 Å². The van der Waals surface area contributed by atoms with E-state index >= 15 is 0 Å². The van der Waals surface area contributed by atoms with Crippen LogP contribution >= 0.6 is 11.3 Å². The second-order valence-corrected chi connectivity index (χ2v) is 4.77. The third-order valence-electron chi connectivity index (χ3n) is 2.58. The van der Waals surface area contributed by atoms with E-state index in [4.69, 9.17) is 5.26 Å². The molecule has 17 heavy (non-hydrogen) atoms. The molecule has 0 saturated heterocycles. The van der Waals surface area contributed by atoms with E-state index in [1.807, 2.05) is 37.4 Å². The number of benzene rings is 1. The van der Waals surface area contributed by atoms with E-state index in [2.05, 4.69) is 16.4 Å². The van der Waals surface area contributed by atoms with Crippen LogP contribution in [-0.4, -0.2) is 4.98 Å². The van der Waals surface area contributed by atoms with Crippen LogP contribution < -0.4 is 5.32 Å². The molecule has 0 aliphatic heterocycles. The molecule has 1 aromatic carbocycles. The van der Waals surface area contributed by atoms with Gasteiger partial charge in [0, 0.05) is 11.6 Å². The van der Waals surface area contributed by atoms with E-state index in [0.717, 1.165) is 16.3 Å². The van der Waals surface area contributed by atoms with Gasteiger partial charge in [0.15, 0.2) is 0 Å². The number of thiazole rings is 1. The van der Waals surface area contributed by atoms with E-state index in [0.29, 0.717) is 5.56 Å². The van der Waals surface area contributed by atoms with Crippen LogP contribution in [0.15, 0.2) is 29.8 Å². The number of nitrogens with zero attached hydrogens (tertiary/aromatic N) is 2. The summed E-state index contributed by atoms with van der Waals surface area (Å²) in [7, 11) is 0. The maximum absolute atomic E-state index is 9.14. The molecule has 2 aromatic rings. The van der Waals surface area contributed by atoms with E-state index in [1.54, 1.807) is 17.5 Å². The highest BCUT2D eigenvalue weighted by Gasteiger charge is 2.11. The van der Waals surface area contributed by atoms with Gasteiger partial charge in [0.2, 0.25) is 0 Å². The zero-order valence-electron chi connectivity index (χ0n) is 9.77. The summed E-state index contributed by atoms with van der Waals surface area (Å²) in [5.41, 5.74) is 2.56. The Morgan fingerprint density at radius 2 is 2.29 bits per heavy atom. The first-order valence-corrected chi connectivity index (χ1v) is 6.26. The largest absolute Gasteiger partial charge is 0.375 e. The summed E-state index contributed by atoms with van der Waals surface area (Å²) >= 11 is 1.61. The van der Waals surface area contributed by atoms with Crippen molar-refractivity contribution in [2.45, 2.75) is 19.9 Å². The van der Waals surface area contributed by atoms with E-state index in [-0.39, 0.29) is 6.04 Å². The molecule has 1 heterocycles. The molecule has 0 bridgehead atoms. The molecule has 0 saturated carbocycles. The van der Waals surface area contributed by atoms with Crippen molar-refractivity contribution in [2.75, 3.05) is 5.32 Å². The third-order valence-corrected chi connectivity index (χ3v) is 3.54. The van der Waals surface area contributed by atoms with E-state index in [9.17, 15) is 0 Å². The van der Waals surface area contributed by atoms with Gasteiger partial charge < -0.3 is 5.32 Å². The molecule has 0 aliphatic carbocycles. The second kappa shape index (κ2) is 4.98. The molecule has 3 nitrogen and oxygen atoms in total. The molecule has 4 heteroatoms. The van der Waals surface area contributed by atoms with Gasteiger partial charge >= 0.3 is 0 Å². The number of aromatic nitrogens is 1. The number of aryl methyl sites for hydroxylation is 1. The number of hydrogen-bond acceptors (Lipinski definition) is 4. The number of nitriles is 1. The van der Waals surface area contributed by atoms with Gasteiger partial charge in [0.05, 0.1) is 17.3 Å². The lowest BCUT2D eigenvalue weighted by atomic mass is 10.1. The highest BCUT2D eigenvalue weighted by molar-refractivity contribution is 7.09. The average Bonchev–Trinajstić information content (AvgIpc) is 2.82. The zero-order chi connectivity index (χ0) is 12.3. The van der Waals surface area contributed by atoms with Crippen molar-refractivity contribution < 1.29 is 0 Å². The van der Waals surface area contributed by atoms with Gasteiger partial charge in [-0.3, -0.25) is 0 Å². The normalized spacial score (nSPS) is 11.8. The van der Waals surface area contributed by atoms with Crippen LogP contribution in [0.1, 0.15) is 29.1 Å². The molecule has 0 fully saturated rings. The van der Waals surface area contributed by atoms with Crippen LogP contribution in [0.3, 0.4) is 0 Å². The summed E-state index contributed by atoms with van der Waals surface area (Å²) in [4.78, 5) is 4.26. The Hall–Kier alpha value is -1.86. The highest BCUT2D eigenvalue weighted by Crippen LogP contribution is 2.24. The van der Waals surface area contributed by atoms with Crippen LogP contribution in [0.2, 0.25) is 0 Å². The quantitative estimate of drug-likeness (QED) is 0.897. The smallest absolute Gasteiger partial charge is 0.115 e. The summed E-state index contributed by atoms with van der Waals surface area (Å²) < 4.78 is 0. The van der Waals surface area contributed by atoms with Crippen molar-refractivity contribution >= 4 is 17.0 Å². The first-order chi connectivity index (χ1) is 8.22. The molecule has 0 amide bonds. The zero-order valence-corrected chi connectivity index (χ0v) is 10.6. The highest BCUT2D eigenvalue weighted by atomic mass is 32.1. The van der Waals surface area contributed by atoms with Gasteiger partial charge in [0.1, 0.15) is 11.1 Å². The minimum atomic E-state index is 0.115. The van der Waals surface area contributed by atoms with Gasteiger partial charge in [-0.15, -0.1) is 11.3 Å². The Balaban J connectivity index is 2.25. The fourth-order valence-electron chi connectivity index (χ4n) is 1.68. The molecular formula is C13H13N3S. The maximum atomic E-state index is 9.14. The first kappa shape index (κ1) is 11.6. The molecule has 0 aliphatic rings. The van der Waals surface area contributed by atoms with Crippen molar-refractivity contribution in [1.82, 2.24) is 4.98 Å². The van der Waals surface area contributed by atoms with Gasteiger partial charge in [-0.2, -0.15) is 5.26 Å². The van der Waals surface area contributed by atoms with Crippen LogP contribution in [0.5, 0.6) is 0 Å². The molecule has 1 unspecified atom stereocenters. The summed E-state index contributed by atoms with van der Waals surface area (Å²) in [6.45, 7) is 3.99. The minimum Gasteiger partial charge on any atom is -0.375 e. The van der Waals surface area contributed by atoms with Crippen LogP contribution in [0.4, 0.5) is 5.69 Å². The van der Waals surface area contributed by atoms with Gasteiger partial charge in [-0.1, -0.05) is 12.1 Å². The lowest BCUT2D eigenvalue weighted by Crippen LogP contribution is -2.07. The Labute approximate surface area is 105 Å². The lowest BCUT2D eigenvalue weighted by Gasteiger charge is -2.14. The van der Waals surface area contributed by atoms with Crippen LogP contribution in [0, 0.1) is 18.3 Å². The standard InChI is InChI=1S/C13H13N3S/c1-9-4-3-5-12(11(9)8-14)16-10(2)13-15-6-7-17-13/h3-7,10,16H,1-2H3. The van der Waals surface area contributed by atoms with Crippen molar-refractivity contribution in [3.8, 4) is 6.07 Å². The fourth-order valence-corrected chi connectivity index (χ4v) is 2.33. The number of anilines is 1. The second-order valence-electron chi connectivity index (χ2n) is 3.85. The Morgan fingerprint density at radius 3 is 2.94 bits per heavy atom. The topological polar surface area (TPSA) is 48.7 Å². The lowest BCUT2D eigenvalue weighted by molar-refractivity contribution is 0.868. The fraction of sp³-hybridized carbons (Fsp3) is 0.231. The molecule has 2 rings (SSSR count). The van der Waals surface area contributed by atoms with Crippen molar-refractivity contribution in [2.24, 2.45) is 0 Å². The number of rotatable bonds is 3. The Bertz CT molecular complexity index is 540. The SMILES string of the molecule is Cc1cccc(NC(C)c2nccs2)c1C#N. The molecule has 0 radical (unpaired) electrons. The first-order valence-electron chi connectivity index (χ1n) is 5.38. The van der Waals surface area contributed by atoms with E-state index in [1.165, 1.54) is 0 Å². The van der Waals surface area contributed by atoms with E-state index < -0.39 is 0 Å². The Kier molecular flexibility index (Phi) is 3.40. The van der Waals surface area contributed by atoms with Crippen LogP contribution in [0.25, 0.3) is 0 Å². The minimum absolute atomic E-state index is 0.115. The summed E-state index contributed by atoms with van der Waals surface area (Å²) in [6.07, 6.45) is 1.79. The predicted molar refractivity (Wildman–Crippen MR) is 70.0 cm³/mol. The number of nitrogens with one attached hydrogen (secondary N) is 1. The molecule has 1 aromatic heterocycles. The predicted octanol–water partition coefficient (Wildman–Crippen LogP) is 3.50. The summed E-state index contributed by atoms with van der Waals surface area (Å²) in [5, 5.41) is 15.4. The number of hydrogen-bond donors (Lipinski definition) is 1. The third kappa shape index (κ3) is 2.45. The molecule has 86 valence electrons. The molecule has 1 atom stereocenters. The molecular weight excluding hydrogens is 230 g/mol. The maximum Gasteiger partial charge on any atom is 0.115 e. The van der Waals surface area contributed by atoms with Crippen LogP contribution in [-0.2, 0) is 0 Å². The molecule has 0 spiro atoms. The van der Waals surface area contributed by atoms with Crippen molar-refractivity contribution in [3.05, 3.63) is 45.9 Å². The molecule has 1 N–H and O–H groups in total. The van der Waals surface area contributed by atoms with Gasteiger partial charge in [-0.25, -0.2) is 4.98 Å². The summed E-state index contributed by atoms with van der Waals surface area (Å²) in [5.74, 6) is 0. The Morgan fingerprint density at radius 1 is 1.47 bits per heavy atom. The average molecular weight is 243 g/mol. The van der Waals surface area contributed by atoms with Gasteiger partial charge in [-0.05, 0) is 25.5 Å². The van der Waals surface area contributed by atoms with Crippen molar-refractivity contribution in [3.63, 3.8) is 0 Å². The monoisotopic (exact) mass is 243 g/mol. The summed E-state index contributed by atoms with van der Waals surface area (Å²) in [6, 6.07) is 8.17. The van der Waals surface area contributed by atoms with Gasteiger partial charge in [0.25, 0.3) is 0 Å².